The lowest BCUT2D eigenvalue weighted by Gasteiger charge is -2.31. The van der Waals surface area contributed by atoms with Gasteiger partial charge >= 0.3 is 25.8 Å². The maximum atomic E-state index is 14.4. The van der Waals surface area contributed by atoms with Gasteiger partial charge in [0.05, 0.1) is 12.4 Å². The van der Waals surface area contributed by atoms with E-state index in [0.717, 1.165) is 19.3 Å². The van der Waals surface area contributed by atoms with Crippen molar-refractivity contribution in [2.45, 2.75) is 154 Å². The number of imidazole rings is 1. The monoisotopic (exact) mass is 800 g/mol. The Hall–Kier alpha value is -4.09. The number of esters is 2. The number of nitrogen functional groups attached to an aromatic ring is 1. The maximum Gasteiger partial charge on any atom is 0.459 e. The first-order valence-corrected chi connectivity index (χ1v) is 21.4. The van der Waals surface area contributed by atoms with Crippen molar-refractivity contribution in [2.75, 3.05) is 12.3 Å². The molecule has 16 heteroatoms. The van der Waals surface area contributed by atoms with Crippen molar-refractivity contribution in [1.29, 1.82) is 0 Å². The second kappa shape index (κ2) is 22.0. The molecule has 0 amide bonds. The number of anilines is 1. The largest absolute Gasteiger partial charge is 0.462 e. The third kappa shape index (κ3) is 13.3. The molecule has 0 spiro atoms. The zero-order valence-corrected chi connectivity index (χ0v) is 34.0. The molecule has 0 bridgehead atoms. The molecule has 0 radical (unpaired) electrons. The van der Waals surface area contributed by atoms with E-state index in [9.17, 15) is 18.5 Å². The Balaban J connectivity index is 1.45. The molecule has 0 unspecified atom stereocenters. The van der Waals surface area contributed by atoms with Gasteiger partial charge in [0.2, 0.25) is 0 Å². The van der Waals surface area contributed by atoms with Crippen molar-refractivity contribution in [1.82, 2.24) is 24.6 Å². The van der Waals surface area contributed by atoms with Crippen LogP contribution in [0, 0.1) is 18.4 Å². The Morgan fingerprint density at radius 2 is 1.66 bits per heavy atom. The van der Waals surface area contributed by atoms with Crippen LogP contribution in [0.4, 0.5) is 10.2 Å². The van der Waals surface area contributed by atoms with E-state index in [0.29, 0.717) is 6.42 Å². The lowest BCUT2D eigenvalue weighted by molar-refractivity contribution is -0.158. The number of terminal acetylenes is 1. The van der Waals surface area contributed by atoms with E-state index in [2.05, 4.69) is 32.9 Å². The predicted molar refractivity (Wildman–Crippen MR) is 211 cm³/mol. The molecule has 3 heterocycles. The Morgan fingerprint density at radius 3 is 2.27 bits per heavy atom. The Morgan fingerprint density at radius 1 is 1.04 bits per heavy atom. The summed E-state index contributed by atoms with van der Waals surface area (Å²) >= 11 is 0. The van der Waals surface area contributed by atoms with Crippen LogP contribution in [0.15, 0.2) is 36.7 Å². The summed E-state index contributed by atoms with van der Waals surface area (Å²) in [4.78, 5) is 37.6. The first-order chi connectivity index (χ1) is 26.9. The number of carbonyl (C=O) groups excluding carboxylic acids is 2. The number of nitrogens with one attached hydrogen (secondary N) is 1. The number of aromatic nitrogens is 4. The van der Waals surface area contributed by atoms with Crippen LogP contribution in [0.25, 0.3) is 11.2 Å². The summed E-state index contributed by atoms with van der Waals surface area (Å²) in [6, 6.07) is 7.08. The quantitative estimate of drug-likeness (QED) is 0.0275. The molecular formula is C40H58FN6O8P. The summed E-state index contributed by atoms with van der Waals surface area (Å²) in [5.41, 5.74) is 4.23. The Kier molecular flexibility index (Phi) is 17.5. The van der Waals surface area contributed by atoms with E-state index in [1.165, 1.54) is 75.6 Å². The number of benzene rings is 1. The van der Waals surface area contributed by atoms with Crippen molar-refractivity contribution in [3.05, 3.63) is 42.7 Å². The van der Waals surface area contributed by atoms with E-state index in [1.807, 2.05) is 0 Å². The molecule has 1 aliphatic heterocycles. The van der Waals surface area contributed by atoms with Gasteiger partial charge in [-0.1, -0.05) is 108 Å². The molecule has 0 saturated carbocycles. The highest BCUT2D eigenvalue weighted by Gasteiger charge is 2.53. The smallest absolute Gasteiger partial charge is 0.459 e. The maximum absolute atomic E-state index is 14.4. The van der Waals surface area contributed by atoms with Crippen LogP contribution in [0.3, 0.4) is 0 Å². The van der Waals surface area contributed by atoms with Crippen LogP contribution in [0.5, 0.6) is 5.75 Å². The number of halogens is 1. The van der Waals surface area contributed by atoms with Gasteiger partial charge in [-0.3, -0.25) is 18.7 Å². The van der Waals surface area contributed by atoms with Crippen molar-refractivity contribution in [3.63, 3.8) is 0 Å². The fourth-order valence-electron chi connectivity index (χ4n) is 6.49. The van der Waals surface area contributed by atoms with Gasteiger partial charge in [-0.2, -0.15) is 19.4 Å². The first-order valence-electron chi connectivity index (χ1n) is 19.9. The summed E-state index contributed by atoms with van der Waals surface area (Å²) in [5, 5.41) is 2.63. The summed E-state index contributed by atoms with van der Waals surface area (Å²) in [7, 11) is -4.41. The van der Waals surface area contributed by atoms with Crippen LogP contribution in [-0.2, 0) is 32.9 Å². The molecule has 4 rings (SSSR count). The van der Waals surface area contributed by atoms with Gasteiger partial charge in [0.15, 0.2) is 22.6 Å². The number of ether oxygens (including phenoxy) is 3. The lowest BCUT2D eigenvalue weighted by Crippen LogP contribution is -2.45. The van der Waals surface area contributed by atoms with E-state index in [1.54, 1.807) is 44.2 Å². The molecule has 1 aromatic carbocycles. The molecule has 5 atom stereocenters. The number of unbranched alkanes of at least 4 members (excludes halogenated alkanes) is 12. The number of nitrogens with two attached hydrogens (primary N) is 1. The number of para-hydroxylation sites is 1. The van der Waals surface area contributed by atoms with E-state index in [4.69, 9.17) is 35.4 Å². The van der Waals surface area contributed by atoms with Crippen LogP contribution >= 0.6 is 7.75 Å². The highest BCUT2D eigenvalue weighted by atomic mass is 31.2. The summed E-state index contributed by atoms with van der Waals surface area (Å²) < 4.78 is 59.4. The van der Waals surface area contributed by atoms with Crippen molar-refractivity contribution in [2.24, 2.45) is 0 Å². The lowest BCUT2D eigenvalue weighted by atomic mass is 9.98. The fourth-order valence-corrected chi connectivity index (χ4v) is 8.01. The number of rotatable bonds is 25. The predicted octanol–water partition coefficient (Wildman–Crippen LogP) is 8.37. The van der Waals surface area contributed by atoms with Gasteiger partial charge in [-0.15, -0.1) is 6.42 Å². The molecule has 2 aromatic heterocycles. The Labute approximate surface area is 329 Å². The fraction of sp³-hybridized carbons (Fsp3) is 0.625. The molecule has 14 nitrogen and oxygen atoms in total. The number of hydrogen-bond donors (Lipinski definition) is 2. The molecule has 1 fully saturated rings. The topological polar surface area (TPSA) is 179 Å². The van der Waals surface area contributed by atoms with E-state index in [-0.39, 0.29) is 35.6 Å². The second-order valence-corrected chi connectivity index (χ2v) is 16.2. The first kappa shape index (κ1) is 44.6. The molecular weight excluding hydrogens is 742 g/mol. The zero-order chi connectivity index (χ0) is 40.6. The summed E-state index contributed by atoms with van der Waals surface area (Å²) in [6.07, 6.45) is 19.1. The third-order valence-electron chi connectivity index (χ3n) is 9.49. The molecule has 0 aliphatic carbocycles. The standard InChI is InChI=1S/C40H58FN6O8P/c1-6-8-9-10-11-12-13-14-15-16-17-18-22-25-34(48)53-32-26-33(47-28-43-35-36(42)44-39(41)45-37(35)47)54-40(32,7-2)27-51-56(50,55-31-23-20-19-21-24-31)46-30(5)38(49)52-29(3)4/h2,19-21,23-24,28-30,32-33H,6,8-18,22,25-27H2,1,3-5H3,(H,46,50)(H2,42,44,45)/t30-,32-,33+,40+,56-/m0/s1. The average Bonchev–Trinajstić information content (AvgIpc) is 3.74. The Bertz CT molecular complexity index is 1790. The van der Waals surface area contributed by atoms with Gasteiger partial charge in [0.1, 0.15) is 30.7 Å². The van der Waals surface area contributed by atoms with Crippen molar-refractivity contribution < 1.29 is 41.8 Å². The van der Waals surface area contributed by atoms with Crippen molar-refractivity contribution >= 4 is 36.7 Å². The molecule has 3 N–H and O–H groups in total. The summed E-state index contributed by atoms with van der Waals surface area (Å²) in [6.45, 7) is 6.44. The van der Waals surface area contributed by atoms with Gasteiger partial charge in [0, 0.05) is 12.8 Å². The van der Waals surface area contributed by atoms with Gasteiger partial charge < -0.3 is 24.5 Å². The molecule has 308 valence electrons. The third-order valence-corrected chi connectivity index (χ3v) is 11.1. The van der Waals surface area contributed by atoms with Crippen LogP contribution in [0.2, 0.25) is 0 Å². The van der Waals surface area contributed by atoms with Gasteiger partial charge in [-0.25, -0.2) is 9.55 Å². The van der Waals surface area contributed by atoms with Gasteiger partial charge in [0.25, 0.3) is 0 Å². The van der Waals surface area contributed by atoms with Crippen LogP contribution in [-0.4, -0.2) is 61.9 Å². The second-order valence-electron chi connectivity index (χ2n) is 14.5. The number of carbonyl (C=O) groups is 2. The number of hydrogen-bond acceptors (Lipinski definition) is 12. The summed E-state index contributed by atoms with van der Waals surface area (Å²) in [5.74, 6) is 1.38. The SMILES string of the molecule is C#C[C@]1(CO[P@@](=O)(N[C@@H](C)C(=O)OC(C)C)Oc2ccccc2)O[C@@H](n2cnc3c(N)nc(F)nc32)C[C@@H]1OC(=O)CCCCCCCCCCCCCCC. The zero-order valence-electron chi connectivity index (χ0n) is 33.1. The number of nitrogens with zero attached hydrogens (tertiary/aromatic N) is 4. The highest BCUT2D eigenvalue weighted by Crippen LogP contribution is 2.48. The van der Waals surface area contributed by atoms with Crippen LogP contribution in [0.1, 0.15) is 130 Å². The van der Waals surface area contributed by atoms with Crippen LogP contribution < -0.4 is 15.3 Å². The molecule has 1 aliphatic rings. The minimum atomic E-state index is -4.41. The minimum absolute atomic E-state index is 0.0245. The van der Waals surface area contributed by atoms with E-state index >= 15 is 0 Å². The average molecular weight is 801 g/mol. The highest BCUT2D eigenvalue weighted by molar-refractivity contribution is 7.52. The number of fused-ring (bicyclic) bond motifs is 1. The van der Waals surface area contributed by atoms with Gasteiger partial charge in [-0.05, 0) is 39.3 Å². The normalized spacial score (nSPS) is 19.7. The molecule has 56 heavy (non-hydrogen) atoms. The molecule has 3 aromatic rings. The minimum Gasteiger partial charge on any atom is -0.462 e. The molecule has 1 saturated heterocycles. The van der Waals surface area contributed by atoms with E-state index < -0.39 is 62.4 Å². The van der Waals surface area contributed by atoms with Crippen molar-refractivity contribution in [3.8, 4) is 18.1 Å².